The van der Waals surface area contributed by atoms with Gasteiger partial charge in [0.15, 0.2) is 0 Å². The fourth-order valence-electron chi connectivity index (χ4n) is 2.99. The zero-order valence-corrected chi connectivity index (χ0v) is 17.0. The van der Waals surface area contributed by atoms with Crippen LogP contribution < -0.4 is 10.6 Å². The van der Waals surface area contributed by atoms with Gasteiger partial charge in [-0.1, -0.05) is 66.2 Å². The fraction of sp³-hybridized carbons (Fsp3) is 0.0870. The summed E-state index contributed by atoms with van der Waals surface area (Å²) in [6.45, 7) is 0.238. The first-order valence-electron chi connectivity index (χ1n) is 9.52. The second-order valence-corrected chi connectivity index (χ2v) is 7.13. The summed E-state index contributed by atoms with van der Waals surface area (Å²) in [5.74, 6) is 0.149. The van der Waals surface area contributed by atoms with E-state index in [-0.39, 0.29) is 24.1 Å². The van der Waals surface area contributed by atoms with Gasteiger partial charge in [-0.05, 0) is 35.4 Å². The molecule has 2 amide bonds. The average Bonchev–Trinajstić information content (AvgIpc) is 3.27. The van der Waals surface area contributed by atoms with Crippen LogP contribution in [0.25, 0.3) is 11.5 Å². The van der Waals surface area contributed by atoms with Crippen LogP contribution in [-0.2, 0) is 6.54 Å². The van der Waals surface area contributed by atoms with E-state index in [4.69, 9.17) is 16.0 Å². The Balaban J connectivity index is 1.53. The smallest absolute Gasteiger partial charge is 0.315 e. The second-order valence-electron chi connectivity index (χ2n) is 6.72. The molecular formula is C23H18ClFN4O2. The summed E-state index contributed by atoms with van der Waals surface area (Å²) in [6.07, 6.45) is 0. The maximum Gasteiger partial charge on any atom is 0.315 e. The zero-order valence-electron chi connectivity index (χ0n) is 16.3. The van der Waals surface area contributed by atoms with E-state index in [1.54, 1.807) is 24.3 Å². The summed E-state index contributed by atoms with van der Waals surface area (Å²) in [7, 11) is 0. The third kappa shape index (κ3) is 5.07. The first-order chi connectivity index (χ1) is 15.1. The Labute approximate surface area is 183 Å². The molecule has 1 atom stereocenters. The Morgan fingerprint density at radius 1 is 0.968 bits per heavy atom. The summed E-state index contributed by atoms with van der Waals surface area (Å²) < 4.78 is 18.9. The van der Waals surface area contributed by atoms with Gasteiger partial charge in [0.2, 0.25) is 11.8 Å². The summed E-state index contributed by atoms with van der Waals surface area (Å²) >= 11 is 6.23. The van der Waals surface area contributed by atoms with Crippen LogP contribution in [-0.4, -0.2) is 16.2 Å². The number of halogens is 2. The number of rotatable bonds is 6. The quantitative estimate of drug-likeness (QED) is 0.439. The SMILES string of the molecule is O=C(NCc1ccc(F)cc1)N[C@@H](c1ccccc1)c1nnc(-c2ccccc2Cl)o1. The first kappa shape index (κ1) is 20.6. The van der Waals surface area contributed by atoms with E-state index in [0.717, 1.165) is 11.1 Å². The number of hydrogen-bond acceptors (Lipinski definition) is 4. The molecule has 4 rings (SSSR count). The molecule has 4 aromatic rings. The molecule has 2 N–H and O–H groups in total. The predicted molar refractivity (Wildman–Crippen MR) is 115 cm³/mol. The van der Waals surface area contributed by atoms with Crippen LogP contribution in [0, 0.1) is 5.82 Å². The number of nitrogens with zero attached hydrogens (tertiary/aromatic N) is 2. The minimum absolute atomic E-state index is 0.220. The third-order valence-corrected chi connectivity index (χ3v) is 4.90. The molecule has 156 valence electrons. The van der Waals surface area contributed by atoms with E-state index in [9.17, 15) is 9.18 Å². The van der Waals surface area contributed by atoms with E-state index in [2.05, 4.69) is 20.8 Å². The Kier molecular flexibility index (Phi) is 6.24. The summed E-state index contributed by atoms with van der Waals surface area (Å²) in [5.41, 5.74) is 2.15. The molecule has 0 radical (unpaired) electrons. The number of nitrogens with one attached hydrogen (secondary N) is 2. The maximum absolute atomic E-state index is 13.1. The van der Waals surface area contributed by atoms with Crippen molar-refractivity contribution < 1.29 is 13.6 Å². The van der Waals surface area contributed by atoms with Gasteiger partial charge in [0, 0.05) is 6.54 Å². The van der Waals surface area contributed by atoms with E-state index in [1.807, 2.05) is 42.5 Å². The lowest BCUT2D eigenvalue weighted by atomic mass is 10.1. The van der Waals surface area contributed by atoms with Crippen molar-refractivity contribution in [2.75, 3.05) is 0 Å². The molecule has 31 heavy (non-hydrogen) atoms. The van der Waals surface area contributed by atoms with Gasteiger partial charge in [0.25, 0.3) is 0 Å². The first-order valence-corrected chi connectivity index (χ1v) is 9.90. The molecule has 6 nitrogen and oxygen atoms in total. The average molecular weight is 437 g/mol. The summed E-state index contributed by atoms with van der Waals surface area (Å²) in [5, 5.41) is 14.3. The number of aromatic nitrogens is 2. The molecule has 0 aliphatic carbocycles. The Hall–Kier alpha value is -3.71. The van der Waals surface area contributed by atoms with Gasteiger partial charge in [-0.25, -0.2) is 9.18 Å². The molecule has 0 fully saturated rings. The van der Waals surface area contributed by atoms with Gasteiger partial charge in [0.1, 0.15) is 11.9 Å². The van der Waals surface area contributed by atoms with Crippen molar-refractivity contribution >= 4 is 17.6 Å². The van der Waals surface area contributed by atoms with Gasteiger partial charge < -0.3 is 15.1 Å². The lowest BCUT2D eigenvalue weighted by Gasteiger charge is -2.16. The molecule has 1 aromatic heterocycles. The van der Waals surface area contributed by atoms with Crippen molar-refractivity contribution in [3.8, 4) is 11.5 Å². The molecule has 0 aliphatic rings. The van der Waals surface area contributed by atoms with E-state index < -0.39 is 12.1 Å². The number of carbonyl (C=O) groups is 1. The highest BCUT2D eigenvalue weighted by Gasteiger charge is 2.24. The second kappa shape index (κ2) is 9.40. The summed E-state index contributed by atoms with van der Waals surface area (Å²) in [4.78, 5) is 12.6. The summed E-state index contributed by atoms with van der Waals surface area (Å²) in [6, 6.07) is 21.2. The van der Waals surface area contributed by atoms with Crippen molar-refractivity contribution in [2.24, 2.45) is 0 Å². The lowest BCUT2D eigenvalue weighted by Crippen LogP contribution is -2.38. The maximum atomic E-state index is 13.1. The molecule has 0 bridgehead atoms. The van der Waals surface area contributed by atoms with Crippen LogP contribution in [0.5, 0.6) is 0 Å². The van der Waals surface area contributed by atoms with E-state index >= 15 is 0 Å². The number of carbonyl (C=O) groups excluding carboxylic acids is 1. The number of benzene rings is 3. The molecule has 1 heterocycles. The normalized spacial score (nSPS) is 11.7. The zero-order chi connectivity index (χ0) is 21.6. The van der Waals surface area contributed by atoms with Gasteiger partial charge in [0.05, 0.1) is 10.6 Å². The van der Waals surface area contributed by atoms with Gasteiger partial charge in [-0.3, -0.25) is 0 Å². The van der Waals surface area contributed by atoms with Crippen LogP contribution in [0.15, 0.2) is 83.3 Å². The minimum atomic E-state index is -0.668. The Bertz CT molecular complexity index is 1170. The van der Waals surface area contributed by atoms with Crippen LogP contribution in [0.4, 0.5) is 9.18 Å². The van der Waals surface area contributed by atoms with Crippen molar-refractivity contribution in [2.45, 2.75) is 12.6 Å². The number of urea groups is 1. The molecule has 0 aliphatic heterocycles. The van der Waals surface area contributed by atoms with Crippen LogP contribution >= 0.6 is 11.6 Å². The third-order valence-electron chi connectivity index (χ3n) is 4.57. The van der Waals surface area contributed by atoms with Crippen LogP contribution in [0.3, 0.4) is 0 Å². The van der Waals surface area contributed by atoms with Gasteiger partial charge in [-0.2, -0.15) is 0 Å². The van der Waals surface area contributed by atoms with Crippen molar-refractivity contribution in [1.82, 2.24) is 20.8 Å². The Morgan fingerprint density at radius 3 is 2.42 bits per heavy atom. The molecule has 3 aromatic carbocycles. The predicted octanol–water partition coefficient (Wildman–Crippen LogP) is 5.12. The van der Waals surface area contributed by atoms with Crippen molar-refractivity contribution in [1.29, 1.82) is 0 Å². The largest absolute Gasteiger partial charge is 0.418 e. The van der Waals surface area contributed by atoms with Crippen molar-refractivity contribution in [3.63, 3.8) is 0 Å². The van der Waals surface area contributed by atoms with E-state index in [1.165, 1.54) is 12.1 Å². The van der Waals surface area contributed by atoms with Crippen LogP contribution in [0.2, 0.25) is 5.02 Å². The lowest BCUT2D eigenvalue weighted by molar-refractivity contribution is 0.236. The van der Waals surface area contributed by atoms with Crippen LogP contribution in [0.1, 0.15) is 23.1 Å². The van der Waals surface area contributed by atoms with E-state index in [0.29, 0.717) is 10.6 Å². The topological polar surface area (TPSA) is 80.0 Å². The number of amides is 2. The fourth-order valence-corrected chi connectivity index (χ4v) is 3.21. The molecule has 0 unspecified atom stereocenters. The molecular weight excluding hydrogens is 419 g/mol. The minimum Gasteiger partial charge on any atom is -0.418 e. The highest BCUT2D eigenvalue weighted by atomic mass is 35.5. The van der Waals surface area contributed by atoms with Crippen molar-refractivity contribution in [3.05, 3.63) is 107 Å². The Morgan fingerprint density at radius 2 is 1.68 bits per heavy atom. The highest BCUT2D eigenvalue weighted by molar-refractivity contribution is 6.33. The van der Waals surface area contributed by atoms with Gasteiger partial charge in [-0.15, -0.1) is 10.2 Å². The molecule has 0 saturated carbocycles. The molecule has 0 spiro atoms. The van der Waals surface area contributed by atoms with Gasteiger partial charge >= 0.3 is 6.03 Å². The molecule has 0 saturated heterocycles. The number of hydrogen-bond donors (Lipinski definition) is 2. The standard InChI is InChI=1S/C23H18ClFN4O2/c24-19-9-5-4-8-18(19)21-28-29-22(31-21)20(16-6-2-1-3-7-16)27-23(30)26-14-15-10-12-17(25)13-11-15/h1-13,20H,14H2,(H2,26,27,30)/t20-/m0/s1. The monoisotopic (exact) mass is 436 g/mol. The highest BCUT2D eigenvalue weighted by Crippen LogP contribution is 2.29. The molecule has 8 heteroatoms.